The number of hydrogen-bond acceptors (Lipinski definition) is 7. The van der Waals surface area contributed by atoms with E-state index < -0.39 is 72.0 Å². The average Bonchev–Trinajstić information content (AvgIpc) is 2.48. The second-order valence-corrected chi connectivity index (χ2v) is 35.7. The molecule has 0 rings (SSSR count). The lowest BCUT2D eigenvalue weighted by atomic mass is 10.0. The Hall–Kier alpha value is 0.0644. The molecule has 0 spiro atoms. The lowest BCUT2D eigenvalue weighted by molar-refractivity contribution is -0.156. The van der Waals surface area contributed by atoms with E-state index in [1.54, 1.807) is 0 Å². The summed E-state index contributed by atoms with van der Waals surface area (Å²) in [5, 5.41) is 0. The summed E-state index contributed by atoms with van der Waals surface area (Å²) in [6, 6.07) is 0. The molecular formula is C21H50O7Si5. The van der Waals surface area contributed by atoms with Gasteiger partial charge in [-0.3, -0.25) is 4.79 Å². The van der Waals surface area contributed by atoms with E-state index in [4.69, 9.17) is 22.1 Å². The number of hydrogen-bond donors (Lipinski definition) is 0. The first-order valence-electron chi connectivity index (χ1n) is 11.7. The van der Waals surface area contributed by atoms with Gasteiger partial charge in [-0.1, -0.05) is 0 Å². The SMILES string of the molecule is C[Si](C)(C)OC(=O)C(O[Si](C)(C)C)C(O[Si](C)(C)C)C(O[Si](C)(C)C)C(C=O)O[Si](C)(C)C. The molecule has 0 aromatic heterocycles. The summed E-state index contributed by atoms with van der Waals surface area (Å²) < 4.78 is 31.8. The highest BCUT2D eigenvalue weighted by Crippen LogP contribution is 2.28. The van der Waals surface area contributed by atoms with Gasteiger partial charge in [0.1, 0.15) is 24.6 Å². The Kier molecular flexibility index (Phi) is 11.9. The third-order valence-corrected chi connectivity index (χ3v) is 8.38. The molecule has 0 N–H and O–H groups in total. The van der Waals surface area contributed by atoms with Crippen molar-refractivity contribution in [2.75, 3.05) is 0 Å². The molecule has 4 atom stereocenters. The summed E-state index contributed by atoms with van der Waals surface area (Å²) in [4.78, 5) is 25.8. The lowest BCUT2D eigenvalue weighted by Gasteiger charge is -2.43. The summed E-state index contributed by atoms with van der Waals surface area (Å²) in [6.07, 6.45) is -2.66. The fraction of sp³-hybridized carbons (Fsp3) is 0.905. The van der Waals surface area contributed by atoms with Gasteiger partial charge in [-0.15, -0.1) is 0 Å². The topological polar surface area (TPSA) is 80.3 Å². The minimum atomic E-state index is -2.21. The van der Waals surface area contributed by atoms with E-state index in [-0.39, 0.29) is 0 Å². The third kappa shape index (κ3) is 15.6. The predicted molar refractivity (Wildman–Crippen MR) is 148 cm³/mol. The smallest absolute Gasteiger partial charge is 0.323 e. The van der Waals surface area contributed by atoms with Crippen molar-refractivity contribution in [3.63, 3.8) is 0 Å². The summed E-state index contributed by atoms with van der Waals surface area (Å²) in [5.41, 5.74) is 0. The zero-order chi connectivity index (χ0) is 26.6. The van der Waals surface area contributed by atoms with Gasteiger partial charge in [0, 0.05) is 0 Å². The van der Waals surface area contributed by atoms with Crippen LogP contribution >= 0.6 is 0 Å². The van der Waals surface area contributed by atoms with Crippen molar-refractivity contribution < 1.29 is 31.7 Å². The van der Waals surface area contributed by atoms with E-state index in [1.807, 2.05) is 58.9 Å². The molecule has 4 unspecified atom stereocenters. The molecule has 0 amide bonds. The van der Waals surface area contributed by atoms with Crippen molar-refractivity contribution in [3.05, 3.63) is 0 Å². The fourth-order valence-corrected chi connectivity index (χ4v) is 7.89. The van der Waals surface area contributed by atoms with Crippen molar-refractivity contribution >= 4 is 53.8 Å². The summed E-state index contributed by atoms with van der Waals surface area (Å²) in [5.74, 6) is -0.443. The zero-order valence-electron chi connectivity index (χ0n) is 23.7. The van der Waals surface area contributed by atoms with Gasteiger partial charge >= 0.3 is 5.97 Å². The van der Waals surface area contributed by atoms with E-state index in [0.717, 1.165) is 6.29 Å². The largest absolute Gasteiger partial charge is 0.518 e. The second kappa shape index (κ2) is 11.9. The van der Waals surface area contributed by atoms with E-state index >= 15 is 0 Å². The highest BCUT2D eigenvalue weighted by Gasteiger charge is 2.48. The minimum absolute atomic E-state index is 0.443. The average molecular weight is 555 g/mol. The van der Waals surface area contributed by atoms with Gasteiger partial charge in [-0.05, 0) is 98.2 Å². The monoisotopic (exact) mass is 554 g/mol. The summed E-state index contributed by atoms with van der Waals surface area (Å²) in [6.45, 7) is 30.4. The Morgan fingerprint density at radius 2 is 0.909 bits per heavy atom. The predicted octanol–water partition coefficient (Wildman–Crippen LogP) is 5.44. The van der Waals surface area contributed by atoms with Crippen LogP contribution in [0.15, 0.2) is 0 Å². The van der Waals surface area contributed by atoms with Crippen LogP contribution in [0.25, 0.3) is 0 Å². The molecule has 0 aliphatic carbocycles. The molecule has 0 radical (unpaired) electrons. The maximum atomic E-state index is 13.5. The molecule has 0 saturated carbocycles. The van der Waals surface area contributed by atoms with Crippen LogP contribution in [0.1, 0.15) is 0 Å². The van der Waals surface area contributed by atoms with Crippen LogP contribution in [0.5, 0.6) is 0 Å². The molecule has 0 aliphatic heterocycles. The van der Waals surface area contributed by atoms with Crippen molar-refractivity contribution in [3.8, 4) is 0 Å². The standard InChI is InChI=1S/C21H50O7Si5/c1-29(2,3)24-17(16-22)18(25-30(4,5)6)19(26-31(7,8)9)20(27-32(10,11)12)21(23)28-33(13,14)15/h16-20H,1-15H3. The molecule has 0 aromatic rings. The maximum absolute atomic E-state index is 13.5. The molecule has 0 fully saturated rings. The number of rotatable bonds is 14. The fourth-order valence-electron chi connectivity index (χ4n) is 3.01. The van der Waals surface area contributed by atoms with Gasteiger partial charge < -0.3 is 26.9 Å². The molecular weight excluding hydrogens is 505 g/mol. The van der Waals surface area contributed by atoms with Crippen LogP contribution in [0, 0.1) is 0 Å². The first-order chi connectivity index (χ1) is 14.3. The van der Waals surface area contributed by atoms with Gasteiger partial charge in [-0.2, -0.15) is 0 Å². The third-order valence-electron chi connectivity index (χ3n) is 3.67. The van der Waals surface area contributed by atoms with E-state index in [9.17, 15) is 9.59 Å². The molecule has 0 saturated heterocycles. The zero-order valence-corrected chi connectivity index (χ0v) is 28.7. The molecule has 0 aliphatic rings. The van der Waals surface area contributed by atoms with Crippen LogP contribution in [0.2, 0.25) is 98.2 Å². The Morgan fingerprint density at radius 1 is 0.545 bits per heavy atom. The highest BCUT2D eigenvalue weighted by atomic mass is 28.4. The van der Waals surface area contributed by atoms with E-state index in [2.05, 4.69) is 39.3 Å². The van der Waals surface area contributed by atoms with E-state index in [1.165, 1.54) is 0 Å². The quantitative estimate of drug-likeness (QED) is 0.209. The highest BCUT2D eigenvalue weighted by molar-refractivity contribution is 6.72. The first-order valence-corrected chi connectivity index (χ1v) is 28.8. The van der Waals surface area contributed by atoms with Crippen LogP contribution in [-0.4, -0.2) is 78.3 Å². The van der Waals surface area contributed by atoms with Gasteiger partial charge in [0.05, 0.1) is 0 Å². The van der Waals surface area contributed by atoms with E-state index in [0.29, 0.717) is 0 Å². The molecule has 0 aromatic carbocycles. The van der Waals surface area contributed by atoms with Crippen LogP contribution in [0.3, 0.4) is 0 Å². The molecule has 7 nitrogen and oxygen atoms in total. The Balaban J connectivity index is 6.77. The van der Waals surface area contributed by atoms with Gasteiger partial charge in [-0.25, -0.2) is 0 Å². The lowest BCUT2D eigenvalue weighted by Crippen LogP contribution is -2.61. The minimum Gasteiger partial charge on any atom is -0.518 e. The van der Waals surface area contributed by atoms with Gasteiger partial charge in [0.25, 0.3) is 0 Å². The number of carbonyl (C=O) groups excluding carboxylic acids is 2. The van der Waals surface area contributed by atoms with Crippen molar-refractivity contribution in [2.24, 2.45) is 0 Å². The molecule has 12 heteroatoms. The first kappa shape index (κ1) is 33.1. The summed E-state index contributed by atoms with van der Waals surface area (Å²) in [7, 11) is -10.9. The summed E-state index contributed by atoms with van der Waals surface area (Å²) >= 11 is 0. The van der Waals surface area contributed by atoms with Crippen molar-refractivity contribution in [1.82, 2.24) is 0 Å². The van der Waals surface area contributed by atoms with Gasteiger partial charge in [0.15, 0.2) is 39.4 Å². The van der Waals surface area contributed by atoms with Gasteiger partial charge in [0.2, 0.25) is 8.32 Å². The second-order valence-electron chi connectivity index (χ2n) is 13.4. The molecule has 33 heavy (non-hydrogen) atoms. The van der Waals surface area contributed by atoms with Crippen molar-refractivity contribution in [1.29, 1.82) is 0 Å². The normalized spacial score (nSPS) is 17.8. The van der Waals surface area contributed by atoms with Crippen LogP contribution < -0.4 is 0 Å². The molecule has 0 bridgehead atoms. The number of carbonyl (C=O) groups is 2. The Morgan fingerprint density at radius 3 is 1.21 bits per heavy atom. The van der Waals surface area contributed by atoms with Crippen LogP contribution in [0.4, 0.5) is 0 Å². The Labute approximate surface area is 207 Å². The Bertz CT molecular complexity index is 640. The van der Waals surface area contributed by atoms with Crippen molar-refractivity contribution in [2.45, 2.75) is 123 Å². The number of aldehydes is 1. The van der Waals surface area contributed by atoms with Crippen LogP contribution in [-0.2, 0) is 31.7 Å². The maximum Gasteiger partial charge on any atom is 0.323 e. The molecule has 0 heterocycles. The molecule has 196 valence electrons.